The number of carbonyl (C=O) groups excluding carboxylic acids is 2. The highest BCUT2D eigenvalue weighted by Crippen LogP contribution is 2.30. The number of hydrogen-bond acceptors (Lipinski definition) is 3. The van der Waals surface area contributed by atoms with Gasteiger partial charge in [-0.05, 0) is 36.4 Å². The van der Waals surface area contributed by atoms with Crippen LogP contribution in [0.1, 0.15) is 21.5 Å². The third-order valence-corrected chi connectivity index (χ3v) is 3.39. The molecule has 2 amide bonds. The first-order valence-corrected chi connectivity index (χ1v) is 6.88. The highest BCUT2D eigenvalue weighted by atomic mass is 19.4. The molecule has 0 bridgehead atoms. The van der Waals surface area contributed by atoms with Crippen LogP contribution in [-0.4, -0.2) is 12.0 Å². The lowest BCUT2D eigenvalue weighted by atomic mass is 10.1. The van der Waals surface area contributed by atoms with Crippen molar-refractivity contribution in [2.45, 2.75) is 12.8 Å². The zero-order valence-corrected chi connectivity index (χ0v) is 12.1. The van der Waals surface area contributed by atoms with Crippen LogP contribution in [0.15, 0.2) is 42.5 Å². The van der Waals surface area contributed by atoms with Crippen LogP contribution in [0.2, 0.25) is 0 Å². The van der Waals surface area contributed by atoms with Crippen LogP contribution in [0, 0.1) is 0 Å². The summed E-state index contributed by atoms with van der Waals surface area (Å²) in [6, 6.07) is 8.23. The van der Waals surface area contributed by atoms with Crippen LogP contribution >= 0.6 is 0 Å². The molecule has 2 aromatic carbocycles. The van der Waals surface area contributed by atoms with Crippen LogP contribution in [-0.2, 0) is 17.5 Å². The number of anilines is 2. The lowest BCUT2D eigenvalue weighted by Gasteiger charge is -2.11. The molecular formula is C16H11F3N2O3. The first-order chi connectivity index (χ1) is 11.3. The summed E-state index contributed by atoms with van der Waals surface area (Å²) in [5.74, 6) is -0.426. The number of urea groups is 1. The predicted octanol–water partition coefficient (Wildman–Crippen LogP) is 4.02. The number of hydrogen-bond donors (Lipinski definition) is 2. The second-order valence-corrected chi connectivity index (χ2v) is 5.11. The second kappa shape index (κ2) is 5.88. The van der Waals surface area contributed by atoms with E-state index in [1.165, 1.54) is 24.3 Å². The van der Waals surface area contributed by atoms with Crippen molar-refractivity contribution in [2.24, 2.45) is 0 Å². The Balaban J connectivity index is 1.69. The van der Waals surface area contributed by atoms with Crippen molar-refractivity contribution < 1.29 is 27.5 Å². The van der Waals surface area contributed by atoms with Gasteiger partial charge in [0.15, 0.2) is 0 Å². The van der Waals surface area contributed by atoms with Crippen molar-refractivity contribution in [3.05, 3.63) is 59.2 Å². The number of carbonyl (C=O) groups is 2. The smallest absolute Gasteiger partial charge is 0.416 e. The van der Waals surface area contributed by atoms with Gasteiger partial charge in [0.05, 0.1) is 11.1 Å². The van der Waals surface area contributed by atoms with Crippen LogP contribution in [0.5, 0.6) is 0 Å². The van der Waals surface area contributed by atoms with Crippen LogP contribution < -0.4 is 10.6 Å². The number of ether oxygens (including phenoxy) is 1. The molecule has 2 aromatic rings. The van der Waals surface area contributed by atoms with Crippen molar-refractivity contribution in [1.29, 1.82) is 0 Å². The number of cyclic esters (lactones) is 1. The number of amides is 2. The van der Waals surface area contributed by atoms with Gasteiger partial charge >= 0.3 is 18.2 Å². The zero-order valence-electron chi connectivity index (χ0n) is 12.1. The molecule has 5 nitrogen and oxygen atoms in total. The van der Waals surface area contributed by atoms with E-state index >= 15 is 0 Å². The molecule has 0 fully saturated rings. The molecule has 0 radical (unpaired) electrons. The van der Waals surface area contributed by atoms with Crippen molar-refractivity contribution in [1.82, 2.24) is 0 Å². The number of nitrogens with one attached hydrogen (secondary N) is 2. The molecule has 0 saturated heterocycles. The minimum absolute atomic E-state index is 0.0157. The van der Waals surface area contributed by atoms with Gasteiger partial charge in [-0.15, -0.1) is 0 Å². The lowest BCUT2D eigenvalue weighted by molar-refractivity contribution is -0.137. The molecule has 0 aromatic heterocycles. The number of rotatable bonds is 2. The van der Waals surface area contributed by atoms with Gasteiger partial charge in [-0.25, -0.2) is 9.59 Å². The van der Waals surface area contributed by atoms with E-state index in [9.17, 15) is 22.8 Å². The molecule has 0 unspecified atom stereocenters. The fourth-order valence-corrected chi connectivity index (χ4v) is 2.28. The quantitative estimate of drug-likeness (QED) is 0.814. The molecule has 2 N–H and O–H groups in total. The summed E-state index contributed by atoms with van der Waals surface area (Å²) in [5, 5.41) is 4.83. The predicted molar refractivity (Wildman–Crippen MR) is 79.6 cm³/mol. The van der Waals surface area contributed by atoms with Crippen molar-refractivity contribution in [3.63, 3.8) is 0 Å². The van der Waals surface area contributed by atoms with E-state index in [1.807, 2.05) is 0 Å². The molecule has 0 spiro atoms. The Labute approximate surface area is 134 Å². The van der Waals surface area contributed by atoms with Gasteiger partial charge in [-0.3, -0.25) is 0 Å². The molecule has 0 atom stereocenters. The fourth-order valence-electron chi connectivity index (χ4n) is 2.28. The Bertz CT molecular complexity index is 818. The third kappa shape index (κ3) is 3.32. The van der Waals surface area contributed by atoms with E-state index in [-0.39, 0.29) is 12.3 Å². The summed E-state index contributed by atoms with van der Waals surface area (Å²) in [4.78, 5) is 23.2. The molecule has 1 aliphatic rings. The van der Waals surface area contributed by atoms with E-state index in [2.05, 4.69) is 10.6 Å². The van der Waals surface area contributed by atoms with E-state index in [0.717, 1.165) is 12.1 Å². The van der Waals surface area contributed by atoms with Crippen molar-refractivity contribution in [2.75, 3.05) is 10.6 Å². The van der Waals surface area contributed by atoms with Gasteiger partial charge in [-0.1, -0.05) is 6.07 Å². The van der Waals surface area contributed by atoms with E-state index in [4.69, 9.17) is 4.74 Å². The Morgan fingerprint density at radius 3 is 2.46 bits per heavy atom. The van der Waals surface area contributed by atoms with Crippen LogP contribution in [0.4, 0.5) is 29.3 Å². The number of benzene rings is 2. The molecular weight excluding hydrogens is 325 g/mol. The van der Waals surface area contributed by atoms with Gasteiger partial charge in [-0.2, -0.15) is 13.2 Å². The summed E-state index contributed by atoms with van der Waals surface area (Å²) < 4.78 is 42.8. The third-order valence-electron chi connectivity index (χ3n) is 3.39. The minimum atomic E-state index is -4.49. The van der Waals surface area contributed by atoms with Crippen LogP contribution in [0.25, 0.3) is 0 Å². The number of alkyl halides is 3. The standard InChI is InChI=1S/C16H11F3N2O3/c17-16(18,19)10-2-1-3-11(7-10)20-15(23)21-12-4-5-13-9(6-12)8-24-14(13)22/h1-7H,8H2,(H2,20,21,23). The van der Waals surface area contributed by atoms with E-state index in [1.54, 1.807) is 6.07 Å². The zero-order chi connectivity index (χ0) is 17.3. The van der Waals surface area contributed by atoms with Crippen LogP contribution in [0.3, 0.4) is 0 Å². The summed E-state index contributed by atoms with van der Waals surface area (Å²) >= 11 is 0. The largest absolute Gasteiger partial charge is 0.457 e. The number of esters is 1. The molecule has 0 aliphatic carbocycles. The molecule has 124 valence electrons. The highest BCUT2D eigenvalue weighted by Gasteiger charge is 2.30. The topological polar surface area (TPSA) is 67.4 Å². The molecule has 3 rings (SSSR count). The maximum Gasteiger partial charge on any atom is 0.416 e. The normalized spacial score (nSPS) is 13.2. The van der Waals surface area contributed by atoms with Gasteiger partial charge in [0, 0.05) is 16.9 Å². The summed E-state index contributed by atoms with van der Waals surface area (Å²) in [5.41, 5.74) is 0.628. The number of halogens is 3. The van der Waals surface area contributed by atoms with E-state index in [0.29, 0.717) is 16.8 Å². The maximum atomic E-state index is 12.6. The molecule has 0 saturated carbocycles. The Morgan fingerprint density at radius 2 is 1.75 bits per heavy atom. The average Bonchev–Trinajstić information content (AvgIpc) is 2.87. The SMILES string of the molecule is O=C(Nc1cccc(C(F)(F)F)c1)Nc1ccc2c(c1)COC2=O. The molecule has 1 aliphatic heterocycles. The highest BCUT2D eigenvalue weighted by molar-refractivity contribution is 6.00. The second-order valence-electron chi connectivity index (χ2n) is 5.11. The molecule has 24 heavy (non-hydrogen) atoms. The first-order valence-electron chi connectivity index (χ1n) is 6.88. The van der Waals surface area contributed by atoms with Gasteiger partial charge in [0.2, 0.25) is 0 Å². The molecule has 1 heterocycles. The average molecular weight is 336 g/mol. The Morgan fingerprint density at radius 1 is 1.04 bits per heavy atom. The maximum absolute atomic E-state index is 12.6. The lowest BCUT2D eigenvalue weighted by Crippen LogP contribution is -2.20. The van der Waals surface area contributed by atoms with Crippen molar-refractivity contribution >= 4 is 23.4 Å². The van der Waals surface area contributed by atoms with Gasteiger partial charge in [0.1, 0.15) is 6.61 Å². The fraction of sp³-hybridized carbons (Fsp3) is 0.125. The van der Waals surface area contributed by atoms with E-state index < -0.39 is 23.7 Å². The monoisotopic (exact) mass is 336 g/mol. The summed E-state index contributed by atoms with van der Waals surface area (Å²) in [7, 11) is 0. The van der Waals surface area contributed by atoms with Gasteiger partial charge in [0.25, 0.3) is 0 Å². The number of fused-ring (bicyclic) bond motifs is 1. The molecule has 8 heteroatoms. The summed E-state index contributed by atoms with van der Waals surface area (Å²) in [6.45, 7) is 0.124. The summed E-state index contributed by atoms with van der Waals surface area (Å²) in [6.07, 6.45) is -4.49. The van der Waals surface area contributed by atoms with Gasteiger partial charge < -0.3 is 15.4 Å². The Hall–Kier alpha value is -3.03. The van der Waals surface area contributed by atoms with Crippen molar-refractivity contribution in [3.8, 4) is 0 Å². The first kappa shape index (κ1) is 15.9. The Kier molecular flexibility index (Phi) is 3.88. The minimum Gasteiger partial charge on any atom is -0.457 e.